The Labute approximate surface area is 332 Å². The van der Waals surface area contributed by atoms with Gasteiger partial charge in [0.25, 0.3) is 11.5 Å². The highest BCUT2D eigenvalue weighted by molar-refractivity contribution is 6.05. The fourth-order valence-electron chi connectivity index (χ4n) is 7.71. The summed E-state index contributed by atoms with van der Waals surface area (Å²) in [5.41, 5.74) is 6.78. The minimum atomic E-state index is -0.471. The molecule has 2 aliphatic rings. The van der Waals surface area contributed by atoms with E-state index in [2.05, 4.69) is 32.4 Å². The van der Waals surface area contributed by atoms with E-state index in [0.717, 1.165) is 68.4 Å². The number of furan rings is 1. The van der Waals surface area contributed by atoms with Crippen LogP contribution in [0, 0.1) is 18.8 Å². The molecule has 3 amide bonds. The fourth-order valence-corrected chi connectivity index (χ4v) is 7.71. The van der Waals surface area contributed by atoms with Crippen LogP contribution >= 0.6 is 0 Å². The van der Waals surface area contributed by atoms with Crippen molar-refractivity contribution in [2.75, 3.05) is 31.6 Å². The maximum Gasteiger partial charge on any atom is 0.270 e. The number of hydrogen-bond donors (Lipinski definition) is 2. The zero-order valence-electron chi connectivity index (χ0n) is 32.0. The first-order chi connectivity index (χ1) is 28.1. The Morgan fingerprint density at radius 1 is 1.00 bits per heavy atom. The van der Waals surface area contributed by atoms with Crippen molar-refractivity contribution in [1.82, 2.24) is 30.2 Å². The summed E-state index contributed by atoms with van der Waals surface area (Å²) in [6.45, 7) is 3.35. The molecule has 1 unspecified atom stereocenters. The minimum Gasteiger partial charge on any atom is -0.464 e. The van der Waals surface area contributed by atoms with Crippen LogP contribution in [0.15, 0.2) is 94.6 Å². The second kappa shape index (κ2) is 14.7. The Hall–Kier alpha value is -7.17. The predicted octanol–water partition coefficient (Wildman–Crippen LogP) is 5.40. The van der Waals surface area contributed by atoms with Crippen molar-refractivity contribution in [3.05, 3.63) is 118 Å². The second-order valence-corrected chi connectivity index (χ2v) is 14.6. The molecule has 9 rings (SSSR count). The van der Waals surface area contributed by atoms with Gasteiger partial charge < -0.3 is 23.9 Å². The number of fused-ring (bicyclic) bond motifs is 3. The van der Waals surface area contributed by atoms with Gasteiger partial charge in [0.2, 0.25) is 11.8 Å². The van der Waals surface area contributed by atoms with Gasteiger partial charge >= 0.3 is 0 Å². The zero-order chi connectivity index (χ0) is 40.1. The topological polar surface area (TPSA) is 162 Å². The summed E-state index contributed by atoms with van der Waals surface area (Å²) in [6, 6.07) is 20.8. The number of anilines is 1. The number of amides is 3. The van der Waals surface area contributed by atoms with E-state index in [9.17, 15) is 19.2 Å². The Morgan fingerprint density at radius 2 is 1.86 bits per heavy atom. The van der Waals surface area contributed by atoms with Crippen molar-refractivity contribution in [3.8, 4) is 34.4 Å². The number of nitrogens with one attached hydrogen (secondary N) is 2. The van der Waals surface area contributed by atoms with Crippen molar-refractivity contribution in [1.29, 1.82) is 0 Å². The number of pyridine rings is 4. The van der Waals surface area contributed by atoms with Gasteiger partial charge in [0.05, 0.1) is 41.7 Å². The molecule has 7 aromatic rings. The Balaban J connectivity index is 0.918. The molecule has 2 aliphatic heterocycles. The van der Waals surface area contributed by atoms with Crippen molar-refractivity contribution in [3.63, 3.8) is 0 Å². The lowest BCUT2D eigenvalue weighted by Crippen LogP contribution is -2.52. The third-order valence-corrected chi connectivity index (χ3v) is 11.0. The maximum absolute atomic E-state index is 13.0. The molecular formula is C45H37N7O6. The van der Waals surface area contributed by atoms with Crippen LogP contribution in [-0.2, 0) is 21.4 Å². The van der Waals surface area contributed by atoms with Gasteiger partial charge in [0, 0.05) is 96.1 Å². The Morgan fingerprint density at radius 3 is 2.66 bits per heavy atom. The number of imide groups is 1. The Bertz CT molecular complexity index is 2950. The van der Waals surface area contributed by atoms with Crippen molar-refractivity contribution >= 4 is 56.2 Å². The van der Waals surface area contributed by atoms with E-state index in [1.165, 1.54) is 0 Å². The Kier molecular flexibility index (Phi) is 9.26. The SMILES string of the molecule is COC1CN(c2cc3c(cc(C)c(=O)n3C)c(-c3cccc4cc(-c5ccc(C(=O)NCC#Cc6ccc7occ(C8CCC(=O)NC8=O)c7c6)nc5)ncc34)n2)C1. The molecule has 288 valence electrons. The summed E-state index contributed by atoms with van der Waals surface area (Å²) in [4.78, 5) is 66.6. The van der Waals surface area contributed by atoms with E-state index >= 15 is 0 Å². The summed E-state index contributed by atoms with van der Waals surface area (Å²) in [5, 5.41) is 8.70. The van der Waals surface area contributed by atoms with Crippen LogP contribution in [0.2, 0.25) is 0 Å². The molecule has 5 aromatic heterocycles. The first-order valence-electron chi connectivity index (χ1n) is 18.9. The van der Waals surface area contributed by atoms with E-state index in [0.29, 0.717) is 28.8 Å². The number of hydrogen-bond acceptors (Lipinski definition) is 10. The largest absolute Gasteiger partial charge is 0.464 e. The number of nitrogens with zero attached hydrogens (tertiary/aromatic N) is 5. The smallest absolute Gasteiger partial charge is 0.270 e. The normalized spacial score (nSPS) is 15.6. The quantitative estimate of drug-likeness (QED) is 0.159. The monoisotopic (exact) mass is 771 g/mol. The number of carbonyl (C=O) groups excluding carboxylic acids is 3. The molecule has 2 fully saturated rings. The maximum atomic E-state index is 13.0. The zero-order valence-corrected chi connectivity index (χ0v) is 32.0. The van der Waals surface area contributed by atoms with Gasteiger partial charge in [-0.05, 0) is 61.2 Å². The molecule has 1 atom stereocenters. The van der Waals surface area contributed by atoms with E-state index in [1.807, 2.05) is 67.7 Å². The molecule has 2 saturated heterocycles. The minimum absolute atomic E-state index is 0.0478. The third-order valence-electron chi connectivity index (χ3n) is 11.0. The lowest BCUT2D eigenvalue weighted by atomic mass is 9.90. The van der Waals surface area contributed by atoms with Crippen LogP contribution in [0.25, 0.3) is 55.2 Å². The fraction of sp³-hybridized carbons (Fsp3) is 0.222. The number of carbonyl (C=O) groups is 3. The first-order valence-corrected chi connectivity index (χ1v) is 18.9. The van der Waals surface area contributed by atoms with Crippen LogP contribution in [0.1, 0.15) is 45.9 Å². The van der Waals surface area contributed by atoms with Gasteiger partial charge in [-0.1, -0.05) is 30.0 Å². The standard InChI is InChI=1S/C45H37N7O6/c1-25-16-33-38(51(2)45(25)56)19-40(52-22-29(23-52)57-3)49-42(33)30-8-4-7-27-18-37(48-21-34(27)30)28-10-12-36(47-20-28)44(55)46-15-5-6-26-9-13-39-32(17-26)35(24-58-39)31-11-14-41(53)50-43(31)54/h4,7-10,12-13,16-21,24,29,31H,11,14-15,22-23H2,1-3H3,(H,46,55)(H,50,53,54). The molecule has 2 N–H and O–H groups in total. The molecule has 58 heavy (non-hydrogen) atoms. The second-order valence-electron chi connectivity index (χ2n) is 14.6. The van der Waals surface area contributed by atoms with Crippen LogP contribution in [-0.4, -0.2) is 70.1 Å². The number of rotatable bonds is 7. The van der Waals surface area contributed by atoms with E-state index < -0.39 is 5.92 Å². The number of piperidine rings is 1. The van der Waals surface area contributed by atoms with Crippen LogP contribution in [0.5, 0.6) is 0 Å². The summed E-state index contributed by atoms with van der Waals surface area (Å²) < 4.78 is 12.9. The molecule has 0 spiro atoms. The highest BCUT2D eigenvalue weighted by Gasteiger charge is 2.31. The molecule has 2 aromatic carbocycles. The van der Waals surface area contributed by atoms with Crippen molar-refractivity contribution in [2.24, 2.45) is 7.05 Å². The highest BCUT2D eigenvalue weighted by Crippen LogP contribution is 2.37. The number of ether oxygens (including phenoxy) is 1. The molecular weight excluding hydrogens is 735 g/mol. The lowest BCUT2D eigenvalue weighted by molar-refractivity contribution is -0.134. The van der Waals surface area contributed by atoms with Crippen LogP contribution in [0.3, 0.4) is 0 Å². The molecule has 7 heterocycles. The predicted molar refractivity (Wildman–Crippen MR) is 219 cm³/mol. The van der Waals surface area contributed by atoms with Crippen LogP contribution < -0.4 is 21.1 Å². The van der Waals surface area contributed by atoms with Gasteiger partial charge in [-0.15, -0.1) is 0 Å². The average molecular weight is 772 g/mol. The van der Waals surface area contributed by atoms with Gasteiger partial charge in [-0.2, -0.15) is 0 Å². The van der Waals surface area contributed by atoms with E-state index in [4.69, 9.17) is 19.1 Å². The average Bonchev–Trinajstić information content (AvgIpc) is 3.63. The van der Waals surface area contributed by atoms with Crippen LogP contribution in [0.4, 0.5) is 5.82 Å². The first kappa shape index (κ1) is 36.5. The summed E-state index contributed by atoms with van der Waals surface area (Å²) in [6.07, 6.45) is 5.85. The summed E-state index contributed by atoms with van der Waals surface area (Å²) >= 11 is 0. The molecule has 0 bridgehead atoms. The number of benzene rings is 2. The van der Waals surface area contributed by atoms with Crippen molar-refractivity contribution in [2.45, 2.75) is 31.8 Å². The molecule has 0 saturated carbocycles. The van der Waals surface area contributed by atoms with Crippen molar-refractivity contribution < 1.29 is 23.5 Å². The van der Waals surface area contributed by atoms with E-state index in [-0.39, 0.29) is 48.0 Å². The van der Waals surface area contributed by atoms with Gasteiger partial charge in [-0.3, -0.25) is 34.5 Å². The molecule has 13 nitrogen and oxygen atoms in total. The summed E-state index contributed by atoms with van der Waals surface area (Å²) in [7, 11) is 3.50. The summed E-state index contributed by atoms with van der Waals surface area (Å²) in [5.74, 6) is 5.38. The number of aryl methyl sites for hydroxylation is 2. The third kappa shape index (κ3) is 6.63. The number of methoxy groups -OCH3 is 1. The van der Waals surface area contributed by atoms with Gasteiger partial charge in [-0.25, -0.2) is 4.98 Å². The number of aromatic nitrogens is 4. The lowest BCUT2D eigenvalue weighted by Gasteiger charge is -2.39. The molecule has 13 heteroatoms. The molecule has 0 aliphatic carbocycles. The highest BCUT2D eigenvalue weighted by atomic mass is 16.5. The van der Waals surface area contributed by atoms with E-state index in [1.54, 1.807) is 43.3 Å². The molecule has 0 radical (unpaired) electrons. The van der Waals surface area contributed by atoms with Gasteiger partial charge in [0.15, 0.2) is 0 Å². The van der Waals surface area contributed by atoms with Gasteiger partial charge in [0.1, 0.15) is 17.1 Å².